The van der Waals surface area contributed by atoms with E-state index in [1.807, 2.05) is 36.2 Å². The molecule has 1 aromatic heterocycles. The van der Waals surface area contributed by atoms with Crippen LogP contribution in [-0.2, 0) is 11.2 Å². The van der Waals surface area contributed by atoms with Gasteiger partial charge in [0, 0.05) is 47.6 Å². The molecule has 36 heavy (non-hydrogen) atoms. The van der Waals surface area contributed by atoms with Crippen LogP contribution in [0.2, 0.25) is 10.0 Å². The van der Waals surface area contributed by atoms with Crippen LogP contribution in [0.15, 0.2) is 42.5 Å². The Kier molecular flexibility index (Phi) is 8.64. The molecule has 9 heteroatoms. The van der Waals surface area contributed by atoms with Crippen LogP contribution in [0.5, 0.6) is 0 Å². The summed E-state index contributed by atoms with van der Waals surface area (Å²) in [6.45, 7) is 4.34. The molecule has 0 saturated carbocycles. The summed E-state index contributed by atoms with van der Waals surface area (Å²) in [5, 5.41) is 16.2. The van der Waals surface area contributed by atoms with E-state index in [1.54, 1.807) is 22.9 Å². The molecule has 1 fully saturated rings. The molecule has 1 aliphatic rings. The van der Waals surface area contributed by atoms with Crippen LogP contribution in [0.25, 0.3) is 16.9 Å². The molecule has 1 aliphatic heterocycles. The normalized spacial score (nSPS) is 13.5. The lowest BCUT2D eigenvalue weighted by atomic mass is 10.0. The molecule has 3 aromatic rings. The third kappa shape index (κ3) is 5.90. The molecule has 1 N–H and O–H groups in total. The minimum absolute atomic E-state index is 0.279. The van der Waals surface area contributed by atoms with Gasteiger partial charge in [-0.1, -0.05) is 54.1 Å². The Morgan fingerprint density at radius 2 is 1.89 bits per heavy atom. The number of nitrogens with zero attached hydrogens (tertiary/aromatic N) is 4. The van der Waals surface area contributed by atoms with Gasteiger partial charge in [-0.15, -0.1) is 0 Å². The van der Waals surface area contributed by atoms with E-state index < -0.39 is 0 Å². The molecule has 0 unspecified atom stereocenters. The van der Waals surface area contributed by atoms with Gasteiger partial charge in [0.2, 0.25) is 0 Å². The van der Waals surface area contributed by atoms with Gasteiger partial charge >= 0.3 is 0 Å². The molecule has 2 aromatic carbocycles. The molecule has 0 spiro atoms. The van der Waals surface area contributed by atoms with Crippen molar-refractivity contribution in [2.45, 2.75) is 26.2 Å². The van der Waals surface area contributed by atoms with Gasteiger partial charge < -0.3 is 4.74 Å². The van der Waals surface area contributed by atoms with Crippen molar-refractivity contribution in [3.05, 3.63) is 69.3 Å². The van der Waals surface area contributed by atoms with Gasteiger partial charge in [-0.2, -0.15) is 10.4 Å². The number of halogens is 2. The number of aromatic nitrogens is 2. The van der Waals surface area contributed by atoms with E-state index in [1.165, 1.54) is 0 Å². The first kappa shape index (κ1) is 25.8. The fraction of sp³-hybridized carbons (Fsp3) is 0.296. The van der Waals surface area contributed by atoms with Crippen molar-refractivity contribution in [2.24, 2.45) is 0 Å². The first-order chi connectivity index (χ1) is 17.5. The second-order valence-corrected chi connectivity index (χ2v) is 8.96. The zero-order valence-electron chi connectivity index (χ0n) is 19.9. The van der Waals surface area contributed by atoms with Crippen molar-refractivity contribution in [1.82, 2.24) is 20.2 Å². The van der Waals surface area contributed by atoms with Crippen LogP contribution in [0.4, 0.5) is 0 Å². The van der Waals surface area contributed by atoms with E-state index in [-0.39, 0.29) is 5.91 Å². The summed E-state index contributed by atoms with van der Waals surface area (Å²) in [6.07, 6.45) is 1.52. The van der Waals surface area contributed by atoms with Gasteiger partial charge in [0.25, 0.3) is 5.91 Å². The zero-order valence-corrected chi connectivity index (χ0v) is 21.4. The number of morpholine rings is 1. The van der Waals surface area contributed by atoms with E-state index >= 15 is 0 Å². The van der Waals surface area contributed by atoms with Crippen molar-refractivity contribution in [1.29, 1.82) is 5.26 Å². The monoisotopic (exact) mass is 521 g/mol. The van der Waals surface area contributed by atoms with Crippen LogP contribution in [0.3, 0.4) is 0 Å². The average Bonchev–Trinajstić information content (AvgIpc) is 3.27. The second-order valence-electron chi connectivity index (χ2n) is 8.11. The highest BCUT2D eigenvalue weighted by atomic mass is 35.5. The number of hydrazine groups is 1. The van der Waals surface area contributed by atoms with Gasteiger partial charge in [-0.3, -0.25) is 10.2 Å². The van der Waals surface area contributed by atoms with E-state index in [4.69, 9.17) is 38.3 Å². The Morgan fingerprint density at radius 1 is 1.14 bits per heavy atom. The minimum atomic E-state index is -0.279. The summed E-state index contributed by atoms with van der Waals surface area (Å²) < 4.78 is 7.09. The molecule has 7 nitrogen and oxygen atoms in total. The minimum Gasteiger partial charge on any atom is -0.379 e. The summed E-state index contributed by atoms with van der Waals surface area (Å²) in [5.74, 6) is 5.80. The smallest absolute Gasteiger partial charge is 0.286 e. The third-order valence-electron chi connectivity index (χ3n) is 5.71. The molecule has 0 aliphatic carbocycles. The summed E-state index contributed by atoms with van der Waals surface area (Å²) in [4.78, 5) is 13.3. The lowest BCUT2D eigenvalue weighted by Gasteiger charge is -2.26. The molecule has 0 atom stereocenters. The zero-order chi connectivity index (χ0) is 25.5. The second kappa shape index (κ2) is 12.1. The number of hydrogen-bond donors (Lipinski definition) is 1. The summed E-state index contributed by atoms with van der Waals surface area (Å²) in [5.41, 5.74) is 7.22. The molecule has 0 radical (unpaired) electrons. The topological polar surface area (TPSA) is 83.2 Å². The van der Waals surface area contributed by atoms with Crippen molar-refractivity contribution >= 4 is 29.1 Å². The van der Waals surface area contributed by atoms with Crippen LogP contribution in [0.1, 0.15) is 41.4 Å². The van der Waals surface area contributed by atoms with Gasteiger partial charge in [0.1, 0.15) is 0 Å². The SMILES string of the molecule is CCc1c(C(=O)NN2CCOCC2)nn(-c2ccc(Cl)cc2Cl)c1-c1ccc(C#CCCC#N)cc1. The number of nitriles is 1. The number of ether oxygens (including phenoxy) is 1. The number of carbonyl (C=O) groups is 1. The van der Waals surface area contributed by atoms with Crippen LogP contribution in [0, 0.1) is 23.2 Å². The van der Waals surface area contributed by atoms with Crippen LogP contribution >= 0.6 is 23.2 Å². The number of rotatable bonds is 6. The van der Waals surface area contributed by atoms with Crippen LogP contribution in [-0.4, -0.2) is 47.0 Å². The van der Waals surface area contributed by atoms with Crippen LogP contribution < -0.4 is 5.43 Å². The first-order valence-corrected chi connectivity index (χ1v) is 12.4. The highest BCUT2D eigenvalue weighted by Crippen LogP contribution is 2.33. The molecular weight excluding hydrogens is 497 g/mol. The largest absolute Gasteiger partial charge is 0.379 e. The molecule has 4 rings (SSSR count). The molecule has 2 heterocycles. The molecule has 1 saturated heterocycles. The maximum Gasteiger partial charge on any atom is 0.286 e. The van der Waals surface area contributed by atoms with Gasteiger partial charge in [0.05, 0.1) is 35.7 Å². The van der Waals surface area contributed by atoms with E-state index in [9.17, 15) is 4.79 Å². The van der Waals surface area contributed by atoms with Gasteiger partial charge in [0.15, 0.2) is 5.69 Å². The Bertz CT molecular complexity index is 1340. The van der Waals surface area contributed by atoms with Gasteiger partial charge in [-0.25, -0.2) is 9.69 Å². The standard InChI is InChI=1S/C27H25Cl2N5O2/c1-2-22-25(27(35)32-33-14-16-36-17-15-33)31-34(24-12-11-21(28)18-23(24)29)26(22)20-9-7-19(8-10-20)6-4-3-5-13-30/h7-12,18H,2-3,5,14-17H2,1H3,(H,32,35). The highest BCUT2D eigenvalue weighted by Gasteiger charge is 2.26. The molecule has 184 valence electrons. The Hall–Kier alpha value is -3.33. The number of nitrogens with one attached hydrogen (secondary N) is 1. The number of benzene rings is 2. The Morgan fingerprint density at radius 3 is 2.56 bits per heavy atom. The van der Waals surface area contributed by atoms with Crippen molar-refractivity contribution < 1.29 is 9.53 Å². The fourth-order valence-electron chi connectivity index (χ4n) is 3.96. The summed E-state index contributed by atoms with van der Waals surface area (Å²) in [6, 6.07) is 15.0. The third-order valence-corrected chi connectivity index (χ3v) is 6.25. The fourth-order valence-corrected chi connectivity index (χ4v) is 4.45. The predicted molar refractivity (Wildman–Crippen MR) is 140 cm³/mol. The van der Waals surface area contributed by atoms with Crippen molar-refractivity contribution in [3.63, 3.8) is 0 Å². The van der Waals surface area contributed by atoms with E-state index in [0.717, 1.165) is 22.4 Å². The molecular formula is C27H25Cl2N5O2. The predicted octanol–water partition coefficient (Wildman–Crippen LogP) is 5.04. The molecule has 1 amide bonds. The van der Waals surface area contributed by atoms with Gasteiger partial charge in [-0.05, 0) is 36.8 Å². The molecule has 0 bridgehead atoms. The number of amides is 1. The maximum atomic E-state index is 13.3. The van der Waals surface area contributed by atoms with E-state index in [2.05, 4.69) is 23.3 Å². The first-order valence-electron chi connectivity index (χ1n) is 11.7. The Labute approximate surface area is 220 Å². The summed E-state index contributed by atoms with van der Waals surface area (Å²) >= 11 is 12.7. The number of hydrogen-bond acceptors (Lipinski definition) is 5. The van der Waals surface area contributed by atoms with Crippen molar-refractivity contribution in [3.8, 4) is 34.9 Å². The average molecular weight is 522 g/mol. The number of unbranched alkanes of at least 4 members (excludes halogenated alkanes) is 1. The van der Waals surface area contributed by atoms with E-state index in [0.29, 0.717) is 67.0 Å². The lowest BCUT2D eigenvalue weighted by Crippen LogP contribution is -2.48. The quantitative estimate of drug-likeness (QED) is 0.362. The number of carbonyl (C=O) groups excluding carboxylic acids is 1. The maximum absolute atomic E-state index is 13.3. The highest BCUT2D eigenvalue weighted by molar-refractivity contribution is 6.35. The summed E-state index contributed by atoms with van der Waals surface area (Å²) in [7, 11) is 0. The Balaban J connectivity index is 1.77. The van der Waals surface area contributed by atoms with Crippen molar-refractivity contribution in [2.75, 3.05) is 26.3 Å². The lowest BCUT2D eigenvalue weighted by molar-refractivity contribution is 0.0124.